The molecule has 3 heteroatoms. The summed E-state index contributed by atoms with van der Waals surface area (Å²) in [6.45, 7) is 0. The first-order chi connectivity index (χ1) is 5.79. The highest BCUT2D eigenvalue weighted by molar-refractivity contribution is 7.12. The number of carbonyl (C=O) groups excluding carboxylic acids is 1. The predicted molar refractivity (Wildman–Crippen MR) is 51.0 cm³/mol. The van der Waals surface area contributed by atoms with Crippen LogP contribution in [0.25, 0.3) is 0 Å². The van der Waals surface area contributed by atoms with Crippen LogP contribution in [0.15, 0.2) is 11.4 Å². The van der Waals surface area contributed by atoms with E-state index in [1.807, 2.05) is 5.38 Å². The van der Waals surface area contributed by atoms with E-state index in [1.165, 1.54) is 17.8 Å². The molecule has 1 aromatic rings. The highest BCUT2D eigenvalue weighted by Gasteiger charge is 2.28. The Kier molecular flexibility index (Phi) is 2.20. The first-order valence-corrected chi connectivity index (χ1v) is 5.32. The molecule has 0 N–H and O–H groups in total. The summed E-state index contributed by atoms with van der Waals surface area (Å²) >= 11 is 7.30. The maximum absolute atomic E-state index is 11.6. The molecule has 0 amide bonds. The van der Waals surface area contributed by atoms with Crippen molar-refractivity contribution in [1.82, 2.24) is 0 Å². The number of hydrogen-bond acceptors (Lipinski definition) is 2. The number of hydrogen-bond donors (Lipinski definition) is 0. The van der Waals surface area contributed by atoms with Crippen LogP contribution in [0.3, 0.4) is 0 Å². The van der Waals surface area contributed by atoms with Crippen LogP contribution in [0.4, 0.5) is 0 Å². The van der Waals surface area contributed by atoms with Crippen LogP contribution < -0.4 is 0 Å². The average molecular weight is 201 g/mol. The van der Waals surface area contributed by atoms with Gasteiger partial charge in [-0.2, -0.15) is 0 Å². The number of carbonyl (C=O) groups is 1. The van der Waals surface area contributed by atoms with Gasteiger partial charge < -0.3 is 0 Å². The fourth-order valence-corrected chi connectivity index (χ4v) is 2.49. The quantitative estimate of drug-likeness (QED) is 0.669. The van der Waals surface area contributed by atoms with E-state index in [9.17, 15) is 4.79 Å². The van der Waals surface area contributed by atoms with Crippen molar-refractivity contribution < 1.29 is 4.79 Å². The minimum Gasteiger partial charge on any atom is -0.293 e. The molecule has 1 aromatic heterocycles. The number of Topliss-reactive ketones (excluding diaryl/α,β-unsaturated/α-hetero) is 1. The molecule has 1 aliphatic carbocycles. The van der Waals surface area contributed by atoms with E-state index in [0.29, 0.717) is 5.02 Å². The van der Waals surface area contributed by atoms with E-state index in [-0.39, 0.29) is 11.7 Å². The van der Waals surface area contributed by atoms with Gasteiger partial charge in [-0.25, -0.2) is 0 Å². The van der Waals surface area contributed by atoms with Crippen LogP contribution in [0.2, 0.25) is 5.02 Å². The molecule has 1 aliphatic rings. The van der Waals surface area contributed by atoms with Gasteiger partial charge in [-0.15, -0.1) is 11.3 Å². The van der Waals surface area contributed by atoms with Gasteiger partial charge in [-0.1, -0.05) is 18.0 Å². The molecule has 0 radical (unpaired) electrons. The van der Waals surface area contributed by atoms with Gasteiger partial charge >= 0.3 is 0 Å². The summed E-state index contributed by atoms with van der Waals surface area (Å²) in [5, 5.41) is 2.49. The van der Waals surface area contributed by atoms with Crippen molar-refractivity contribution in [3.63, 3.8) is 0 Å². The van der Waals surface area contributed by atoms with Crippen molar-refractivity contribution in [3.05, 3.63) is 21.3 Å². The summed E-state index contributed by atoms with van der Waals surface area (Å²) in [5.74, 6) is 0.516. The Balaban J connectivity index is 2.19. The molecule has 1 nitrogen and oxygen atoms in total. The average Bonchev–Trinajstić information content (AvgIpc) is 2.31. The lowest BCUT2D eigenvalue weighted by atomic mass is 9.82. The molecule has 12 heavy (non-hydrogen) atoms. The van der Waals surface area contributed by atoms with Crippen LogP contribution in [0, 0.1) is 5.92 Å². The summed E-state index contributed by atoms with van der Waals surface area (Å²) in [6.07, 6.45) is 3.29. The molecule has 64 valence electrons. The van der Waals surface area contributed by atoms with Gasteiger partial charge in [0.05, 0.1) is 9.90 Å². The van der Waals surface area contributed by atoms with Gasteiger partial charge in [-0.05, 0) is 24.3 Å². The molecule has 2 rings (SSSR count). The van der Waals surface area contributed by atoms with Crippen molar-refractivity contribution >= 4 is 28.7 Å². The number of ketones is 1. The monoisotopic (exact) mass is 200 g/mol. The lowest BCUT2D eigenvalue weighted by Crippen LogP contribution is -2.21. The standard InChI is InChI=1S/C9H9ClOS/c10-7-4-5-12-9(7)8(11)6-2-1-3-6/h4-6H,1-3H2. The summed E-state index contributed by atoms with van der Waals surface area (Å²) in [4.78, 5) is 12.4. The lowest BCUT2D eigenvalue weighted by Gasteiger charge is -2.23. The molecule has 0 unspecified atom stereocenters. The normalized spacial score (nSPS) is 17.4. The maximum atomic E-state index is 11.6. The number of thiophene rings is 1. The Hall–Kier alpha value is -0.340. The number of rotatable bonds is 2. The van der Waals surface area contributed by atoms with Crippen LogP contribution in [0.5, 0.6) is 0 Å². The van der Waals surface area contributed by atoms with Gasteiger partial charge in [0, 0.05) is 5.92 Å². The molecule has 1 saturated carbocycles. The van der Waals surface area contributed by atoms with Crippen LogP contribution >= 0.6 is 22.9 Å². The highest BCUT2D eigenvalue weighted by atomic mass is 35.5. The summed E-state index contributed by atoms with van der Waals surface area (Å²) in [6, 6.07) is 1.79. The minimum absolute atomic E-state index is 0.251. The van der Waals surface area contributed by atoms with Gasteiger partial charge in [0.25, 0.3) is 0 Å². The smallest absolute Gasteiger partial charge is 0.177 e. The van der Waals surface area contributed by atoms with Gasteiger partial charge in [0.1, 0.15) is 0 Å². The van der Waals surface area contributed by atoms with Gasteiger partial charge in [0.2, 0.25) is 0 Å². The van der Waals surface area contributed by atoms with E-state index in [2.05, 4.69) is 0 Å². The van der Waals surface area contributed by atoms with Gasteiger partial charge in [-0.3, -0.25) is 4.79 Å². The molecule has 0 saturated heterocycles. The Morgan fingerprint density at radius 3 is 2.75 bits per heavy atom. The lowest BCUT2D eigenvalue weighted by molar-refractivity contribution is 0.0860. The molecule has 0 aliphatic heterocycles. The molecule has 1 heterocycles. The second-order valence-corrected chi connectivity index (χ2v) is 4.41. The van der Waals surface area contributed by atoms with Crippen LogP contribution in [-0.4, -0.2) is 5.78 Å². The fourth-order valence-electron chi connectivity index (χ4n) is 1.33. The zero-order valence-electron chi connectivity index (χ0n) is 6.55. The fraction of sp³-hybridized carbons (Fsp3) is 0.444. The van der Waals surface area contributed by atoms with E-state index in [4.69, 9.17) is 11.6 Å². The summed E-state index contributed by atoms with van der Waals surface area (Å²) < 4.78 is 0. The Morgan fingerprint density at radius 1 is 1.58 bits per heavy atom. The Bertz CT molecular complexity index is 301. The molecule has 0 aromatic carbocycles. The maximum Gasteiger partial charge on any atom is 0.177 e. The summed E-state index contributed by atoms with van der Waals surface area (Å²) in [7, 11) is 0. The SMILES string of the molecule is O=C(c1sccc1Cl)C1CCC1. The van der Waals surface area contributed by atoms with Crippen molar-refractivity contribution in [1.29, 1.82) is 0 Å². The van der Waals surface area contributed by atoms with E-state index >= 15 is 0 Å². The second kappa shape index (κ2) is 3.19. The predicted octanol–water partition coefficient (Wildman–Crippen LogP) is 3.38. The first kappa shape index (κ1) is 8.27. The Morgan fingerprint density at radius 2 is 2.33 bits per heavy atom. The highest BCUT2D eigenvalue weighted by Crippen LogP contribution is 2.33. The van der Waals surface area contributed by atoms with E-state index in [0.717, 1.165) is 17.7 Å². The van der Waals surface area contributed by atoms with Crippen LogP contribution in [0.1, 0.15) is 28.9 Å². The zero-order chi connectivity index (χ0) is 8.55. The summed E-state index contributed by atoms with van der Waals surface area (Å²) in [5.41, 5.74) is 0. The van der Waals surface area contributed by atoms with E-state index in [1.54, 1.807) is 6.07 Å². The van der Waals surface area contributed by atoms with Crippen molar-refractivity contribution in [2.45, 2.75) is 19.3 Å². The van der Waals surface area contributed by atoms with Crippen molar-refractivity contribution in [2.75, 3.05) is 0 Å². The second-order valence-electron chi connectivity index (χ2n) is 3.09. The number of halogens is 1. The van der Waals surface area contributed by atoms with Crippen LogP contribution in [-0.2, 0) is 0 Å². The first-order valence-electron chi connectivity index (χ1n) is 4.06. The third-order valence-electron chi connectivity index (χ3n) is 2.32. The minimum atomic E-state index is 0.251. The third kappa shape index (κ3) is 1.29. The van der Waals surface area contributed by atoms with Gasteiger partial charge in [0.15, 0.2) is 5.78 Å². The molecule has 1 fully saturated rings. The molecule has 0 atom stereocenters. The van der Waals surface area contributed by atoms with E-state index < -0.39 is 0 Å². The molecule has 0 bridgehead atoms. The Labute approximate surface area is 80.4 Å². The van der Waals surface area contributed by atoms with Crippen molar-refractivity contribution in [2.24, 2.45) is 5.92 Å². The third-order valence-corrected chi connectivity index (χ3v) is 3.67. The molecular formula is C9H9ClOS. The largest absolute Gasteiger partial charge is 0.293 e. The topological polar surface area (TPSA) is 17.1 Å². The van der Waals surface area contributed by atoms with Crippen molar-refractivity contribution in [3.8, 4) is 0 Å². The molecule has 0 spiro atoms. The molecular weight excluding hydrogens is 192 g/mol. The zero-order valence-corrected chi connectivity index (χ0v) is 8.12.